The SMILES string of the molecule is CCOCC(=O)N(CC)CCC(N)=S. The number of likely N-dealkylation sites (N-methyl/N-ethyl adjacent to an activating group) is 1. The predicted molar refractivity (Wildman–Crippen MR) is 60.1 cm³/mol. The Labute approximate surface area is 90.4 Å². The van der Waals surface area contributed by atoms with E-state index in [2.05, 4.69) is 0 Å². The fourth-order valence-electron chi connectivity index (χ4n) is 0.985. The van der Waals surface area contributed by atoms with Crippen LogP contribution in [0.4, 0.5) is 0 Å². The molecule has 0 spiro atoms. The summed E-state index contributed by atoms with van der Waals surface area (Å²) < 4.78 is 5.03. The lowest BCUT2D eigenvalue weighted by molar-refractivity contribution is -0.135. The van der Waals surface area contributed by atoms with Crippen molar-refractivity contribution in [2.24, 2.45) is 5.73 Å². The van der Waals surface area contributed by atoms with Crippen LogP contribution in [-0.4, -0.2) is 42.1 Å². The summed E-state index contributed by atoms with van der Waals surface area (Å²) in [6, 6.07) is 0. The lowest BCUT2D eigenvalue weighted by Gasteiger charge is -2.20. The van der Waals surface area contributed by atoms with Crippen LogP contribution in [-0.2, 0) is 9.53 Å². The highest BCUT2D eigenvalue weighted by atomic mass is 32.1. The number of hydrogen-bond acceptors (Lipinski definition) is 3. The number of nitrogens with two attached hydrogens (primary N) is 1. The van der Waals surface area contributed by atoms with Gasteiger partial charge in [0.25, 0.3) is 0 Å². The minimum Gasteiger partial charge on any atom is -0.393 e. The van der Waals surface area contributed by atoms with Crippen LogP contribution in [0.3, 0.4) is 0 Å². The Balaban J connectivity index is 3.86. The van der Waals surface area contributed by atoms with Gasteiger partial charge in [-0.1, -0.05) is 12.2 Å². The topological polar surface area (TPSA) is 55.6 Å². The Bertz CT molecular complexity index is 197. The van der Waals surface area contributed by atoms with Gasteiger partial charge in [0.15, 0.2) is 0 Å². The zero-order valence-corrected chi connectivity index (χ0v) is 9.60. The van der Waals surface area contributed by atoms with E-state index >= 15 is 0 Å². The number of thiocarbonyl (C=S) groups is 1. The lowest BCUT2D eigenvalue weighted by atomic mass is 10.3. The van der Waals surface area contributed by atoms with Crippen LogP contribution in [0.1, 0.15) is 20.3 Å². The first kappa shape index (κ1) is 13.3. The Morgan fingerprint density at radius 2 is 2.14 bits per heavy atom. The fourth-order valence-corrected chi connectivity index (χ4v) is 1.08. The molecule has 0 rings (SSSR count). The van der Waals surface area contributed by atoms with Crippen molar-refractivity contribution in [1.29, 1.82) is 0 Å². The highest BCUT2D eigenvalue weighted by Gasteiger charge is 2.10. The summed E-state index contributed by atoms with van der Waals surface area (Å²) in [5, 5.41) is 0. The van der Waals surface area contributed by atoms with Crippen molar-refractivity contribution in [3.8, 4) is 0 Å². The summed E-state index contributed by atoms with van der Waals surface area (Å²) in [6.07, 6.45) is 0.570. The van der Waals surface area contributed by atoms with Crippen molar-refractivity contribution in [3.63, 3.8) is 0 Å². The van der Waals surface area contributed by atoms with Crippen LogP contribution >= 0.6 is 12.2 Å². The number of hydrogen-bond donors (Lipinski definition) is 1. The quantitative estimate of drug-likeness (QED) is 0.634. The van der Waals surface area contributed by atoms with E-state index in [1.54, 1.807) is 4.90 Å². The molecule has 0 aromatic carbocycles. The van der Waals surface area contributed by atoms with Crippen LogP contribution in [0.5, 0.6) is 0 Å². The van der Waals surface area contributed by atoms with Gasteiger partial charge in [-0.25, -0.2) is 0 Å². The second-order valence-corrected chi connectivity index (χ2v) is 3.35. The summed E-state index contributed by atoms with van der Waals surface area (Å²) in [4.78, 5) is 13.6. The van der Waals surface area contributed by atoms with Gasteiger partial charge in [0.2, 0.25) is 5.91 Å². The van der Waals surface area contributed by atoms with Gasteiger partial charge in [-0.3, -0.25) is 4.79 Å². The van der Waals surface area contributed by atoms with E-state index in [9.17, 15) is 4.79 Å². The Morgan fingerprint density at radius 3 is 2.57 bits per heavy atom. The zero-order valence-electron chi connectivity index (χ0n) is 8.78. The average molecular weight is 218 g/mol. The molecule has 0 bridgehead atoms. The number of ether oxygens (including phenoxy) is 1. The molecule has 0 aliphatic rings. The van der Waals surface area contributed by atoms with Gasteiger partial charge in [-0.2, -0.15) is 0 Å². The maximum Gasteiger partial charge on any atom is 0.248 e. The van der Waals surface area contributed by atoms with E-state index in [1.807, 2.05) is 13.8 Å². The number of nitrogens with zero attached hydrogens (tertiary/aromatic N) is 1. The van der Waals surface area contributed by atoms with Crippen molar-refractivity contribution in [2.75, 3.05) is 26.3 Å². The molecule has 0 aliphatic heterocycles. The molecule has 2 N–H and O–H groups in total. The first-order valence-electron chi connectivity index (χ1n) is 4.75. The Hall–Kier alpha value is -0.680. The van der Waals surface area contributed by atoms with E-state index in [1.165, 1.54) is 0 Å². The summed E-state index contributed by atoms with van der Waals surface area (Å²) in [6.45, 7) is 5.72. The molecule has 14 heavy (non-hydrogen) atoms. The van der Waals surface area contributed by atoms with Gasteiger partial charge < -0.3 is 15.4 Å². The molecular weight excluding hydrogens is 200 g/mol. The summed E-state index contributed by atoms with van der Waals surface area (Å²) >= 11 is 4.74. The van der Waals surface area contributed by atoms with E-state index in [0.717, 1.165) is 0 Å². The van der Waals surface area contributed by atoms with Gasteiger partial charge in [0, 0.05) is 26.1 Å². The normalized spacial score (nSPS) is 9.86. The second kappa shape index (κ2) is 7.70. The molecule has 0 aliphatic carbocycles. The molecular formula is C9H18N2O2S. The molecule has 0 aromatic rings. The van der Waals surface area contributed by atoms with Crippen molar-refractivity contribution < 1.29 is 9.53 Å². The largest absolute Gasteiger partial charge is 0.393 e. The van der Waals surface area contributed by atoms with Crippen LogP contribution in [0.15, 0.2) is 0 Å². The maximum absolute atomic E-state index is 11.5. The third-order valence-electron chi connectivity index (χ3n) is 1.79. The molecule has 0 unspecified atom stereocenters. The molecule has 0 heterocycles. The number of amides is 1. The number of carbonyl (C=O) groups is 1. The lowest BCUT2D eigenvalue weighted by Crippen LogP contribution is -2.36. The van der Waals surface area contributed by atoms with Crippen molar-refractivity contribution in [1.82, 2.24) is 4.90 Å². The molecule has 0 radical (unpaired) electrons. The molecule has 0 saturated carbocycles. The summed E-state index contributed by atoms with van der Waals surface area (Å²) in [7, 11) is 0. The third-order valence-corrected chi connectivity index (χ3v) is 2.00. The van der Waals surface area contributed by atoms with Crippen LogP contribution < -0.4 is 5.73 Å². The number of carbonyl (C=O) groups excluding carboxylic acids is 1. The molecule has 1 amide bonds. The van der Waals surface area contributed by atoms with Crippen LogP contribution in [0.2, 0.25) is 0 Å². The van der Waals surface area contributed by atoms with Crippen molar-refractivity contribution >= 4 is 23.1 Å². The van der Waals surface area contributed by atoms with Crippen molar-refractivity contribution in [3.05, 3.63) is 0 Å². The van der Waals surface area contributed by atoms with Gasteiger partial charge in [-0.15, -0.1) is 0 Å². The standard InChI is InChI=1S/C9H18N2O2S/c1-3-11(6-5-8(10)14)9(12)7-13-4-2/h3-7H2,1-2H3,(H2,10,14). The Kier molecular flexibility index (Phi) is 7.32. The van der Waals surface area contributed by atoms with Gasteiger partial charge in [-0.05, 0) is 13.8 Å². The smallest absolute Gasteiger partial charge is 0.248 e. The van der Waals surface area contributed by atoms with Gasteiger partial charge in [0.05, 0.1) is 4.99 Å². The van der Waals surface area contributed by atoms with Gasteiger partial charge >= 0.3 is 0 Å². The van der Waals surface area contributed by atoms with Crippen LogP contribution in [0.25, 0.3) is 0 Å². The maximum atomic E-state index is 11.5. The summed E-state index contributed by atoms with van der Waals surface area (Å²) in [5.41, 5.74) is 5.36. The third kappa shape index (κ3) is 5.88. The van der Waals surface area contributed by atoms with E-state index in [-0.39, 0.29) is 12.5 Å². The second-order valence-electron chi connectivity index (χ2n) is 2.83. The zero-order chi connectivity index (χ0) is 11.0. The monoisotopic (exact) mass is 218 g/mol. The predicted octanol–water partition coefficient (Wildman–Crippen LogP) is 0.548. The Morgan fingerprint density at radius 1 is 1.50 bits per heavy atom. The van der Waals surface area contributed by atoms with Crippen molar-refractivity contribution in [2.45, 2.75) is 20.3 Å². The minimum atomic E-state index is -0.00870. The highest BCUT2D eigenvalue weighted by molar-refractivity contribution is 7.80. The van der Waals surface area contributed by atoms with Crippen LogP contribution in [0, 0.1) is 0 Å². The molecule has 4 nitrogen and oxygen atoms in total. The number of rotatable bonds is 7. The molecule has 0 aromatic heterocycles. The first-order chi connectivity index (χ1) is 6.61. The molecule has 5 heteroatoms. The average Bonchev–Trinajstić information content (AvgIpc) is 2.15. The molecule has 82 valence electrons. The molecule has 0 atom stereocenters. The molecule has 0 fully saturated rings. The van der Waals surface area contributed by atoms with E-state index < -0.39 is 0 Å². The van der Waals surface area contributed by atoms with E-state index in [4.69, 9.17) is 22.7 Å². The first-order valence-corrected chi connectivity index (χ1v) is 5.16. The molecule has 0 saturated heterocycles. The van der Waals surface area contributed by atoms with Gasteiger partial charge in [0.1, 0.15) is 6.61 Å². The minimum absolute atomic E-state index is 0.00870. The summed E-state index contributed by atoms with van der Waals surface area (Å²) in [5.74, 6) is -0.00870. The van der Waals surface area contributed by atoms with E-state index in [0.29, 0.717) is 31.1 Å². The highest BCUT2D eigenvalue weighted by Crippen LogP contribution is 1.94. The fraction of sp³-hybridized carbons (Fsp3) is 0.778.